The third-order valence-electron chi connectivity index (χ3n) is 2.51. The Morgan fingerprint density at radius 1 is 1.22 bits per heavy atom. The van der Waals surface area contributed by atoms with Gasteiger partial charge in [-0.1, -0.05) is 26.0 Å². The van der Waals surface area contributed by atoms with E-state index in [0.717, 1.165) is 5.56 Å². The van der Waals surface area contributed by atoms with Gasteiger partial charge in [-0.25, -0.2) is 4.79 Å². The van der Waals surface area contributed by atoms with Gasteiger partial charge < -0.3 is 4.74 Å². The molecule has 1 rings (SSSR count). The standard InChI is InChI=1S/C14H21NO2S/c1-10(2)18-12-8-6-11(7-9-12)13(15(3)4)14(16)17-5/h6-10,13H,1-5H3. The van der Waals surface area contributed by atoms with Crippen LogP contribution in [-0.4, -0.2) is 37.3 Å². The normalized spacial score (nSPS) is 12.8. The van der Waals surface area contributed by atoms with E-state index in [1.165, 1.54) is 12.0 Å². The number of ether oxygens (including phenoxy) is 1. The minimum absolute atomic E-state index is 0.232. The Labute approximate surface area is 114 Å². The van der Waals surface area contributed by atoms with Gasteiger partial charge in [0.2, 0.25) is 0 Å². The fraction of sp³-hybridized carbons (Fsp3) is 0.500. The van der Waals surface area contributed by atoms with Gasteiger partial charge in [0, 0.05) is 10.1 Å². The summed E-state index contributed by atoms with van der Waals surface area (Å²) >= 11 is 1.81. The molecule has 1 aromatic rings. The molecule has 1 aromatic carbocycles. The van der Waals surface area contributed by atoms with E-state index in [1.807, 2.05) is 42.9 Å². The average molecular weight is 267 g/mol. The Bertz CT molecular complexity index is 387. The maximum atomic E-state index is 11.7. The summed E-state index contributed by atoms with van der Waals surface area (Å²) in [5, 5.41) is 0.557. The maximum absolute atomic E-state index is 11.7. The summed E-state index contributed by atoms with van der Waals surface area (Å²) in [5.74, 6) is -0.232. The third kappa shape index (κ3) is 4.03. The van der Waals surface area contributed by atoms with Gasteiger partial charge >= 0.3 is 5.97 Å². The summed E-state index contributed by atoms with van der Waals surface area (Å²) in [6.45, 7) is 4.32. The van der Waals surface area contributed by atoms with E-state index >= 15 is 0 Å². The Kier molecular flexibility index (Phi) is 5.69. The summed E-state index contributed by atoms with van der Waals surface area (Å²) in [6.07, 6.45) is 0. The van der Waals surface area contributed by atoms with E-state index in [1.54, 1.807) is 0 Å². The second-order valence-corrected chi connectivity index (χ2v) is 6.27. The third-order valence-corrected chi connectivity index (χ3v) is 3.52. The topological polar surface area (TPSA) is 29.5 Å². The molecule has 0 spiro atoms. The summed E-state index contributed by atoms with van der Waals surface area (Å²) < 4.78 is 4.84. The smallest absolute Gasteiger partial charge is 0.327 e. The monoisotopic (exact) mass is 267 g/mol. The molecule has 0 radical (unpaired) electrons. The highest BCUT2D eigenvalue weighted by molar-refractivity contribution is 7.99. The van der Waals surface area contributed by atoms with Gasteiger partial charge in [0.25, 0.3) is 0 Å². The molecule has 0 bridgehead atoms. The highest BCUT2D eigenvalue weighted by atomic mass is 32.2. The van der Waals surface area contributed by atoms with Crippen molar-refractivity contribution >= 4 is 17.7 Å². The number of carbonyl (C=O) groups is 1. The maximum Gasteiger partial charge on any atom is 0.327 e. The number of hydrogen-bond donors (Lipinski definition) is 0. The Hall–Kier alpha value is -1.00. The Morgan fingerprint density at radius 3 is 2.17 bits per heavy atom. The van der Waals surface area contributed by atoms with Gasteiger partial charge in [-0.05, 0) is 31.8 Å². The summed E-state index contributed by atoms with van der Waals surface area (Å²) in [7, 11) is 5.17. The van der Waals surface area contributed by atoms with Crippen LogP contribution in [0.1, 0.15) is 25.5 Å². The highest BCUT2D eigenvalue weighted by Crippen LogP contribution is 2.26. The summed E-state index contributed by atoms with van der Waals surface area (Å²) in [5.41, 5.74) is 0.958. The Balaban J connectivity index is 2.90. The molecule has 0 saturated carbocycles. The Morgan fingerprint density at radius 2 is 1.78 bits per heavy atom. The second kappa shape index (κ2) is 6.81. The van der Waals surface area contributed by atoms with Gasteiger partial charge in [0.15, 0.2) is 0 Å². The number of hydrogen-bond acceptors (Lipinski definition) is 4. The molecule has 0 N–H and O–H groups in total. The molecule has 0 amide bonds. The average Bonchev–Trinajstić information content (AvgIpc) is 2.30. The minimum atomic E-state index is -0.340. The lowest BCUT2D eigenvalue weighted by molar-refractivity contribution is -0.146. The first-order valence-corrected chi connectivity index (χ1v) is 6.84. The van der Waals surface area contributed by atoms with Crippen molar-refractivity contribution in [1.29, 1.82) is 0 Å². The minimum Gasteiger partial charge on any atom is -0.468 e. The number of rotatable bonds is 5. The predicted octanol–water partition coefficient (Wildman–Crippen LogP) is 2.96. The molecule has 0 saturated heterocycles. The van der Waals surface area contributed by atoms with Gasteiger partial charge in [-0.15, -0.1) is 11.8 Å². The summed E-state index contributed by atoms with van der Waals surface area (Å²) in [4.78, 5) is 14.8. The van der Waals surface area contributed by atoms with Crippen LogP contribution in [0.4, 0.5) is 0 Å². The molecule has 0 aromatic heterocycles. The number of benzene rings is 1. The first-order valence-electron chi connectivity index (χ1n) is 5.96. The lowest BCUT2D eigenvalue weighted by atomic mass is 10.1. The SMILES string of the molecule is COC(=O)C(c1ccc(SC(C)C)cc1)N(C)C. The lowest BCUT2D eigenvalue weighted by Crippen LogP contribution is -2.28. The first kappa shape index (κ1) is 15.1. The molecule has 0 aliphatic rings. The van der Waals surface area contributed by atoms with E-state index in [4.69, 9.17) is 4.74 Å². The van der Waals surface area contributed by atoms with Crippen LogP contribution in [0.15, 0.2) is 29.2 Å². The van der Waals surface area contributed by atoms with Crippen molar-refractivity contribution in [2.45, 2.75) is 30.0 Å². The molecule has 18 heavy (non-hydrogen) atoms. The van der Waals surface area contributed by atoms with Gasteiger partial charge in [-0.2, -0.15) is 0 Å². The van der Waals surface area contributed by atoms with Crippen molar-refractivity contribution in [3.63, 3.8) is 0 Å². The zero-order chi connectivity index (χ0) is 13.7. The number of thioether (sulfide) groups is 1. The molecule has 0 aliphatic carbocycles. The lowest BCUT2D eigenvalue weighted by Gasteiger charge is -2.22. The van der Waals surface area contributed by atoms with Gasteiger partial charge in [0.1, 0.15) is 6.04 Å². The van der Waals surface area contributed by atoms with Crippen LogP contribution in [0.5, 0.6) is 0 Å². The fourth-order valence-electron chi connectivity index (χ4n) is 1.76. The van der Waals surface area contributed by atoms with Crippen molar-refractivity contribution in [2.75, 3.05) is 21.2 Å². The van der Waals surface area contributed by atoms with Crippen LogP contribution < -0.4 is 0 Å². The van der Waals surface area contributed by atoms with Crippen LogP contribution in [0.25, 0.3) is 0 Å². The highest BCUT2D eigenvalue weighted by Gasteiger charge is 2.23. The molecule has 4 heteroatoms. The fourth-order valence-corrected chi connectivity index (χ4v) is 2.60. The van der Waals surface area contributed by atoms with Crippen LogP contribution >= 0.6 is 11.8 Å². The number of likely N-dealkylation sites (N-methyl/N-ethyl adjacent to an activating group) is 1. The zero-order valence-corrected chi connectivity index (χ0v) is 12.5. The van der Waals surface area contributed by atoms with Crippen molar-refractivity contribution in [2.24, 2.45) is 0 Å². The van der Waals surface area contributed by atoms with Gasteiger partial charge in [-0.3, -0.25) is 4.90 Å². The van der Waals surface area contributed by atoms with Crippen molar-refractivity contribution in [3.05, 3.63) is 29.8 Å². The van der Waals surface area contributed by atoms with Crippen molar-refractivity contribution in [3.8, 4) is 0 Å². The number of esters is 1. The summed E-state index contributed by atoms with van der Waals surface area (Å²) in [6, 6.07) is 7.76. The van der Waals surface area contributed by atoms with Crippen molar-refractivity contribution < 1.29 is 9.53 Å². The van der Waals surface area contributed by atoms with E-state index in [0.29, 0.717) is 5.25 Å². The van der Waals surface area contributed by atoms with Crippen LogP contribution in [-0.2, 0) is 9.53 Å². The molecule has 1 atom stereocenters. The van der Waals surface area contributed by atoms with Crippen molar-refractivity contribution in [1.82, 2.24) is 4.90 Å². The largest absolute Gasteiger partial charge is 0.468 e. The molecular formula is C14H21NO2S. The first-order chi connectivity index (χ1) is 8.45. The predicted molar refractivity (Wildman–Crippen MR) is 75.9 cm³/mol. The van der Waals surface area contributed by atoms with Crippen LogP contribution in [0, 0.1) is 0 Å². The molecule has 100 valence electrons. The molecule has 0 aliphatic heterocycles. The molecular weight excluding hydrogens is 246 g/mol. The number of nitrogens with zero attached hydrogens (tertiary/aromatic N) is 1. The van der Waals surface area contributed by atoms with E-state index in [9.17, 15) is 4.79 Å². The van der Waals surface area contributed by atoms with E-state index < -0.39 is 0 Å². The van der Waals surface area contributed by atoms with E-state index in [2.05, 4.69) is 26.0 Å². The molecule has 3 nitrogen and oxygen atoms in total. The number of methoxy groups -OCH3 is 1. The second-order valence-electron chi connectivity index (χ2n) is 4.62. The van der Waals surface area contributed by atoms with Gasteiger partial charge in [0.05, 0.1) is 7.11 Å². The molecule has 1 unspecified atom stereocenters. The number of carbonyl (C=O) groups excluding carboxylic acids is 1. The zero-order valence-electron chi connectivity index (χ0n) is 11.6. The quantitative estimate of drug-likeness (QED) is 0.606. The van der Waals surface area contributed by atoms with Crippen LogP contribution in [0.3, 0.4) is 0 Å². The van der Waals surface area contributed by atoms with Crippen LogP contribution in [0.2, 0.25) is 0 Å². The molecule has 0 fully saturated rings. The molecule has 0 heterocycles. The van der Waals surface area contributed by atoms with E-state index in [-0.39, 0.29) is 12.0 Å².